The Hall–Kier alpha value is -2.79. The highest BCUT2D eigenvalue weighted by Crippen LogP contribution is 2.38. The molecule has 0 spiro atoms. The molecule has 0 amide bonds. The first-order valence-corrected chi connectivity index (χ1v) is 9.86. The van der Waals surface area contributed by atoms with Crippen LogP contribution in [-0.2, 0) is 19.3 Å². The number of aryl methyl sites for hydroxylation is 2. The van der Waals surface area contributed by atoms with Crippen LogP contribution in [0.4, 0.5) is 0 Å². The lowest BCUT2D eigenvalue weighted by molar-refractivity contribution is 0.0973. The van der Waals surface area contributed by atoms with Crippen molar-refractivity contribution in [3.05, 3.63) is 70.6 Å². The lowest BCUT2D eigenvalue weighted by atomic mass is 9.92. The van der Waals surface area contributed by atoms with E-state index in [1.165, 1.54) is 11.1 Å². The molecule has 28 heavy (non-hydrogen) atoms. The summed E-state index contributed by atoms with van der Waals surface area (Å²) in [4.78, 5) is 17.2. The van der Waals surface area contributed by atoms with Crippen molar-refractivity contribution in [2.75, 3.05) is 6.61 Å². The van der Waals surface area contributed by atoms with E-state index in [0.717, 1.165) is 36.0 Å². The lowest BCUT2D eigenvalue weighted by Crippen LogP contribution is -2.06. The van der Waals surface area contributed by atoms with Gasteiger partial charge in [-0.1, -0.05) is 42.4 Å². The third-order valence-electron chi connectivity index (χ3n) is 5.45. The smallest absolute Gasteiger partial charge is 0.226 e. The van der Waals surface area contributed by atoms with Crippen molar-refractivity contribution in [3.8, 4) is 11.4 Å². The molecular formula is C23H24N2O3. The molecule has 5 heteroatoms. The summed E-state index contributed by atoms with van der Waals surface area (Å²) >= 11 is 0. The predicted molar refractivity (Wildman–Crippen MR) is 106 cm³/mol. The van der Waals surface area contributed by atoms with Crippen molar-refractivity contribution in [1.29, 1.82) is 0 Å². The van der Waals surface area contributed by atoms with Crippen LogP contribution < -0.4 is 0 Å². The molecule has 4 rings (SSSR count). The van der Waals surface area contributed by atoms with Crippen molar-refractivity contribution >= 4 is 5.78 Å². The number of aromatic nitrogens is 2. The molecule has 0 saturated heterocycles. The Morgan fingerprint density at radius 1 is 1.25 bits per heavy atom. The van der Waals surface area contributed by atoms with Gasteiger partial charge in [0.15, 0.2) is 5.78 Å². The SMILES string of the molecule is CCc1nc(-c2ccc3c(c2)CC[C@H]3CC(=O)c2cccc(CCO)c2)no1. The summed E-state index contributed by atoms with van der Waals surface area (Å²) in [5.74, 6) is 1.67. The van der Waals surface area contributed by atoms with Gasteiger partial charge in [-0.3, -0.25) is 4.79 Å². The van der Waals surface area contributed by atoms with Gasteiger partial charge in [0, 0.05) is 30.6 Å². The Morgan fingerprint density at radius 3 is 2.93 bits per heavy atom. The molecule has 1 aromatic heterocycles. The number of fused-ring (bicyclic) bond motifs is 1. The van der Waals surface area contributed by atoms with E-state index in [-0.39, 0.29) is 18.3 Å². The number of carbonyl (C=O) groups excluding carboxylic acids is 1. The minimum absolute atomic E-state index is 0.0934. The molecule has 3 aromatic rings. The van der Waals surface area contributed by atoms with Gasteiger partial charge in [0.25, 0.3) is 0 Å². The molecule has 0 fully saturated rings. The molecule has 5 nitrogen and oxygen atoms in total. The van der Waals surface area contributed by atoms with Crippen molar-refractivity contribution < 1.29 is 14.4 Å². The zero-order valence-corrected chi connectivity index (χ0v) is 16.0. The largest absolute Gasteiger partial charge is 0.396 e. The summed E-state index contributed by atoms with van der Waals surface area (Å²) in [5, 5.41) is 13.2. The maximum Gasteiger partial charge on any atom is 0.226 e. The van der Waals surface area contributed by atoms with E-state index < -0.39 is 0 Å². The number of rotatable bonds is 7. The molecule has 1 heterocycles. The quantitative estimate of drug-likeness (QED) is 0.627. The monoisotopic (exact) mass is 376 g/mol. The number of nitrogens with zero attached hydrogens (tertiary/aromatic N) is 2. The number of ketones is 1. The number of hydrogen-bond donors (Lipinski definition) is 1. The predicted octanol–water partition coefficient (Wildman–Crippen LogP) is 4.14. The number of Topliss-reactive ketones (excluding diaryl/α,β-unsaturated/α-hetero) is 1. The summed E-state index contributed by atoms with van der Waals surface area (Å²) in [5.41, 5.74) is 5.21. The van der Waals surface area contributed by atoms with Crippen LogP contribution in [-0.4, -0.2) is 27.6 Å². The second-order valence-corrected chi connectivity index (χ2v) is 7.32. The minimum atomic E-state index is 0.0934. The molecule has 1 N–H and O–H groups in total. The molecule has 1 atom stereocenters. The first kappa shape index (κ1) is 18.6. The Balaban J connectivity index is 1.50. The number of aliphatic hydroxyl groups is 1. The van der Waals surface area contributed by atoms with Crippen LogP contribution in [0.2, 0.25) is 0 Å². The zero-order valence-electron chi connectivity index (χ0n) is 16.0. The first-order valence-electron chi connectivity index (χ1n) is 9.86. The van der Waals surface area contributed by atoms with Crippen molar-refractivity contribution in [1.82, 2.24) is 10.1 Å². The fourth-order valence-corrected chi connectivity index (χ4v) is 3.94. The topological polar surface area (TPSA) is 76.2 Å². The Kier molecular flexibility index (Phi) is 5.35. The van der Waals surface area contributed by atoms with E-state index in [1.54, 1.807) is 0 Å². The summed E-state index contributed by atoms with van der Waals surface area (Å²) in [6.07, 6.45) is 3.75. The molecule has 0 bridgehead atoms. The fraction of sp³-hybridized carbons (Fsp3) is 0.348. The normalized spacial score (nSPS) is 15.6. The van der Waals surface area contributed by atoms with Crippen LogP contribution in [0.25, 0.3) is 11.4 Å². The van der Waals surface area contributed by atoms with E-state index >= 15 is 0 Å². The van der Waals surface area contributed by atoms with Gasteiger partial charge in [-0.25, -0.2) is 0 Å². The molecule has 0 saturated carbocycles. The van der Waals surface area contributed by atoms with Crippen LogP contribution in [0, 0.1) is 0 Å². The van der Waals surface area contributed by atoms with E-state index in [2.05, 4.69) is 22.3 Å². The molecule has 1 aliphatic rings. The fourth-order valence-electron chi connectivity index (χ4n) is 3.94. The maximum absolute atomic E-state index is 12.8. The number of benzene rings is 2. The third kappa shape index (κ3) is 3.76. The highest BCUT2D eigenvalue weighted by atomic mass is 16.5. The van der Waals surface area contributed by atoms with Crippen molar-refractivity contribution in [2.45, 2.75) is 44.9 Å². The summed E-state index contributed by atoms with van der Waals surface area (Å²) in [6, 6.07) is 13.9. The Labute approximate surface area is 164 Å². The van der Waals surface area contributed by atoms with Gasteiger partial charge in [-0.15, -0.1) is 0 Å². The highest BCUT2D eigenvalue weighted by Gasteiger charge is 2.26. The van der Waals surface area contributed by atoms with Crippen molar-refractivity contribution in [3.63, 3.8) is 0 Å². The van der Waals surface area contributed by atoms with E-state index in [9.17, 15) is 4.79 Å². The van der Waals surface area contributed by atoms with Crippen LogP contribution in [0.3, 0.4) is 0 Å². The molecule has 0 radical (unpaired) electrons. The Bertz CT molecular complexity index is 993. The van der Waals surface area contributed by atoms with Gasteiger partial charge in [-0.05, 0) is 54.0 Å². The zero-order chi connectivity index (χ0) is 19.5. The van der Waals surface area contributed by atoms with E-state index in [1.807, 2.05) is 37.3 Å². The second-order valence-electron chi connectivity index (χ2n) is 7.32. The summed E-state index contributed by atoms with van der Waals surface area (Å²) in [6.45, 7) is 2.08. The second kappa shape index (κ2) is 8.07. The van der Waals surface area contributed by atoms with Gasteiger partial charge in [-0.2, -0.15) is 4.98 Å². The van der Waals surface area contributed by atoms with Gasteiger partial charge in [0.05, 0.1) is 0 Å². The molecular weight excluding hydrogens is 352 g/mol. The molecule has 0 aliphatic heterocycles. The van der Waals surface area contributed by atoms with Crippen LogP contribution in [0.5, 0.6) is 0 Å². The number of carbonyl (C=O) groups is 1. The molecule has 2 aromatic carbocycles. The van der Waals surface area contributed by atoms with Gasteiger partial charge in [0.1, 0.15) is 0 Å². The maximum atomic E-state index is 12.8. The Morgan fingerprint density at radius 2 is 2.14 bits per heavy atom. The van der Waals surface area contributed by atoms with Crippen LogP contribution >= 0.6 is 0 Å². The standard InChI is InChI=1S/C23H24N2O3/c1-2-22-24-23(25-28-22)19-8-9-20-16(13-19)6-7-17(20)14-21(27)18-5-3-4-15(12-18)10-11-26/h3-5,8-9,12-13,17,26H,2,6-7,10-11,14H2,1H3/t17-/m0/s1. The minimum Gasteiger partial charge on any atom is -0.396 e. The first-order chi connectivity index (χ1) is 13.7. The van der Waals surface area contributed by atoms with E-state index in [0.29, 0.717) is 24.6 Å². The molecule has 144 valence electrons. The van der Waals surface area contributed by atoms with E-state index in [4.69, 9.17) is 9.63 Å². The average Bonchev–Trinajstić information content (AvgIpc) is 3.35. The van der Waals surface area contributed by atoms with Gasteiger partial charge >= 0.3 is 0 Å². The van der Waals surface area contributed by atoms with Crippen LogP contribution in [0.15, 0.2) is 47.0 Å². The third-order valence-corrected chi connectivity index (χ3v) is 5.45. The number of aliphatic hydroxyl groups excluding tert-OH is 1. The lowest BCUT2D eigenvalue weighted by Gasteiger charge is -2.12. The average molecular weight is 376 g/mol. The molecule has 0 unspecified atom stereocenters. The van der Waals surface area contributed by atoms with Gasteiger partial charge in [0.2, 0.25) is 11.7 Å². The number of hydrogen-bond acceptors (Lipinski definition) is 5. The van der Waals surface area contributed by atoms with Crippen molar-refractivity contribution in [2.24, 2.45) is 0 Å². The molecule has 1 aliphatic carbocycles. The highest BCUT2D eigenvalue weighted by molar-refractivity contribution is 5.96. The summed E-state index contributed by atoms with van der Waals surface area (Å²) < 4.78 is 5.22. The van der Waals surface area contributed by atoms with Crippen LogP contribution in [0.1, 0.15) is 58.6 Å². The van der Waals surface area contributed by atoms with Gasteiger partial charge < -0.3 is 9.63 Å². The summed E-state index contributed by atoms with van der Waals surface area (Å²) in [7, 11) is 0.